The number of anilines is 3. The van der Waals surface area contributed by atoms with Gasteiger partial charge in [-0.1, -0.05) is 17.7 Å². The van der Waals surface area contributed by atoms with Gasteiger partial charge in [-0.15, -0.1) is 10.2 Å². The van der Waals surface area contributed by atoms with Gasteiger partial charge in [-0.05, 0) is 61.5 Å². The average Bonchev–Trinajstić information content (AvgIpc) is 2.70. The molecule has 0 aliphatic rings. The predicted molar refractivity (Wildman–Crippen MR) is 107 cm³/mol. The van der Waals surface area contributed by atoms with Gasteiger partial charge >= 0.3 is 5.97 Å². The maximum absolute atomic E-state index is 12.2. The van der Waals surface area contributed by atoms with E-state index < -0.39 is 0 Å². The van der Waals surface area contributed by atoms with Crippen molar-refractivity contribution in [2.24, 2.45) is 0 Å². The molecule has 3 rings (SSSR count). The highest BCUT2D eigenvalue weighted by molar-refractivity contribution is 6.31. The monoisotopic (exact) mass is 396 g/mol. The lowest BCUT2D eigenvalue weighted by atomic mass is 10.2. The molecular formula is C20H17ClN4O3. The molecule has 142 valence electrons. The highest BCUT2D eigenvalue weighted by atomic mass is 35.5. The number of nitrogens with one attached hydrogen (secondary N) is 2. The van der Waals surface area contributed by atoms with Crippen molar-refractivity contribution in [1.82, 2.24) is 10.2 Å². The zero-order valence-corrected chi connectivity index (χ0v) is 15.7. The Morgan fingerprint density at radius 3 is 2.32 bits per heavy atom. The van der Waals surface area contributed by atoms with Crippen LogP contribution in [0.4, 0.5) is 17.3 Å². The van der Waals surface area contributed by atoms with E-state index in [-0.39, 0.29) is 11.9 Å². The first-order chi connectivity index (χ1) is 13.5. The summed E-state index contributed by atoms with van der Waals surface area (Å²) in [5.74, 6) is 0.110. The molecular weight excluding hydrogens is 380 g/mol. The van der Waals surface area contributed by atoms with Gasteiger partial charge in [-0.25, -0.2) is 4.79 Å². The summed E-state index contributed by atoms with van der Waals surface area (Å²) in [6, 6.07) is 16.7. The van der Waals surface area contributed by atoms with Crippen molar-refractivity contribution in [2.45, 2.75) is 6.92 Å². The third-order valence-corrected chi connectivity index (χ3v) is 3.90. The van der Waals surface area contributed by atoms with Gasteiger partial charge in [-0.2, -0.15) is 0 Å². The van der Waals surface area contributed by atoms with Gasteiger partial charge in [0.15, 0.2) is 11.6 Å². The van der Waals surface area contributed by atoms with Gasteiger partial charge in [0.2, 0.25) is 0 Å². The second-order valence-electron chi connectivity index (χ2n) is 5.69. The van der Waals surface area contributed by atoms with Crippen LogP contribution in [0, 0.1) is 0 Å². The highest BCUT2D eigenvalue weighted by Gasteiger charge is 2.09. The molecule has 0 fully saturated rings. The number of rotatable bonds is 6. The number of nitrogens with zero attached hydrogens (tertiary/aromatic N) is 2. The maximum Gasteiger partial charge on any atom is 0.338 e. The minimum Gasteiger partial charge on any atom is -0.462 e. The zero-order chi connectivity index (χ0) is 19.9. The third-order valence-electron chi connectivity index (χ3n) is 3.66. The van der Waals surface area contributed by atoms with E-state index >= 15 is 0 Å². The second-order valence-corrected chi connectivity index (χ2v) is 6.13. The van der Waals surface area contributed by atoms with E-state index in [4.69, 9.17) is 16.3 Å². The molecule has 0 atom stereocenters. The molecule has 7 nitrogen and oxygen atoms in total. The minimum absolute atomic E-state index is 0.313. The van der Waals surface area contributed by atoms with Crippen LogP contribution in [0.25, 0.3) is 0 Å². The minimum atomic E-state index is -0.367. The maximum atomic E-state index is 12.2. The Morgan fingerprint density at radius 2 is 1.68 bits per heavy atom. The van der Waals surface area contributed by atoms with Gasteiger partial charge < -0.3 is 15.4 Å². The van der Waals surface area contributed by atoms with E-state index in [1.807, 2.05) is 0 Å². The molecule has 1 heterocycles. The number of halogens is 1. The Bertz CT molecular complexity index is 976. The van der Waals surface area contributed by atoms with Crippen LogP contribution >= 0.6 is 11.6 Å². The second kappa shape index (κ2) is 8.96. The number of hydrogen-bond acceptors (Lipinski definition) is 6. The number of benzene rings is 2. The highest BCUT2D eigenvalue weighted by Crippen LogP contribution is 2.17. The molecule has 3 aromatic rings. The first-order valence-electron chi connectivity index (χ1n) is 8.50. The Kier molecular flexibility index (Phi) is 6.18. The molecule has 2 aromatic carbocycles. The Balaban J connectivity index is 1.61. The number of aromatic nitrogens is 2. The van der Waals surface area contributed by atoms with Crippen LogP contribution in [0.2, 0.25) is 5.02 Å². The summed E-state index contributed by atoms with van der Waals surface area (Å²) in [5.41, 5.74) is 1.63. The lowest BCUT2D eigenvalue weighted by molar-refractivity contribution is 0.0526. The number of carbonyl (C=O) groups excluding carboxylic acids is 2. The van der Waals surface area contributed by atoms with Crippen molar-refractivity contribution in [3.8, 4) is 0 Å². The number of esters is 1. The molecule has 1 amide bonds. The van der Waals surface area contributed by atoms with Crippen LogP contribution in [0.3, 0.4) is 0 Å². The summed E-state index contributed by atoms with van der Waals surface area (Å²) in [4.78, 5) is 23.8. The summed E-state index contributed by atoms with van der Waals surface area (Å²) in [6.07, 6.45) is 0. The van der Waals surface area contributed by atoms with Crippen LogP contribution in [0.5, 0.6) is 0 Å². The van der Waals surface area contributed by atoms with E-state index in [1.165, 1.54) is 0 Å². The SMILES string of the molecule is CCOC(=O)c1ccc(Nc2ccc(NC(=O)c3cccc(Cl)c3)nn2)cc1. The Morgan fingerprint density at radius 1 is 0.964 bits per heavy atom. The summed E-state index contributed by atoms with van der Waals surface area (Å²) >= 11 is 5.89. The molecule has 0 unspecified atom stereocenters. The van der Waals surface area contributed by atoms with Crippen LogP contribution < -0.4 is 10.6 Å². The van der Waals surface area contributed by atoms with E-state index in [0.717, 1.165) is 5.69 Å². The summed E-state index contributed by atoms with van der Waals surface area (Å²) < 4.78 is 4.95. The van der Waals surface area contributed by atoms with Crippen molar-refractivity contribution in [1.29, 1.82) is 0 Å². The Hall–Kier alpha value is -3.45. The lowest BCUT2D eigenvalue weighted by Gasteiger charge is -2.08. The van der Waals surface area contributed by atoms with Crippen LogP contribution in [-0.2, 0) is 4.74 Å². The largest absolute Gasteiger partial charge is 0.462 e. The number of amides is 1. The van der Waals surface area contributed by atoms with E-state index in [2.05, 4.69) is 20.8 Å². The predicted octanol–water partition coefficient (Wildman–Crippen LogP) is 4.30. The van der Waals surface area contributed by atoms with Crippen LogP contribution in [-0.4, -0.2) is 28.7 Å². The van der Waals surface area contributed by atoms with E-state index in [0.29, 0.717) is 34.4 Å². The molecule has 2 N–H and O–H groups in total. The fraction of sp³-hybridized carbons (Fsp3) is 0.100. The van der Waals surface area contributed by atoms with Crippen molar-refractivity contribution in [2.75, 3.05) is 17.2 Å². The van der Waals surface area contributed by atoms with Crippen molar-refractivity contribution < 1.29 is 14.3 Å². The molecule has 0 saturated carbocycles. The fourth-order valence-corrected chi connectivity index (χ4v) is 2.53. The van der Waals surface area contributed by atoms with Gasteiger partial charge in [-0.3, -0.25) is 4.79 Å². The van der Waals surface area contributed by atoms with Gasteiger partial charge in [0.25, 0.3) is 5.91 Å². The number of hydrogen-bond donors (Lipinski definition) is 2. The molecule has 0 aliphatic heterocycles. The lowest BCUT2D eigenvalue weighted by Crippen LogP contribution is -2.13. The van der Waals surface area contributed by atoms with E-state index in [9.17, 15) is 9.59 Å². The summed E-state index contributed by atoms with van der Waals surface area (Å²) in [5, 5.41) is 14.2. The van der Waals surface area contributed by atoms with Gasteiger partial charge in [0, 0.05) is 16.3 Å². The normalized spacial score (nSPS) is 10.2. The van der Waals surface area contributed by atoms with Crippen molar-refractivity contribution >= 4 is 40.8 Å². The molecule has 8 heteroatoms. The van der Waals surface area contributed by atoms with Crippen molar-refractivity contribution in [3.05, 3.63) is 76.8 Å². The van der Waals surface area contributed by atoms with E-state index in [1.54, 1.807) is 67.6 Å². The standard InChI is InChI=1S/C20H17ClN4O3/c1-2-28-20(27)13-6-8-16(9-7-13)22-17-10-11-18(25-24-17)23-19(26)14-4-3-5-15(21)12-14/h3-12H,2H2,1H3,(H,22,24)(H,23,25,26). The molecule has 0 radical (unpaired) electrons. The fourth-order valence-electron chi connectivity index (χ4n) is 2.34. The average molecular weight is 397 g/mol. The smallest absolute Gasteiger partial charge is 0.338 e. The topological polar surface area (TPSA) is 93.2 Å². The molecule has 0 saturated heterocycles. The molecule has 0 bridgehead atoms. The zero-order valence-electron chi connectivity index (χ0n) is 15.0. The first-order valence-corrected chi connectivity index (χ1v) is 8.88. The quantitative estimate of drug-likeness (QED) is 0.603. The molecule has 1 aromatic heterocycles. The molecule has 0 aliphatic carbocycles. The van der Waals surface area contributed by atoms with Crippen LogP contribution in [0.15, 0.2) is 60.7 Å². The third kappa shape index (κ3) is 5.05. The van der Waals surface area contributed by atoms with Gasteiger partial charge in [0.1, 0.15) is 0 Å². The molecule has 0 spiro atoms. The Labute approximate surface area is 166 Å². The summed E-state index contributed by atoms with van der Waals surface area (Å²) in [6.45, 7) is 2.09. The van der Waals surface area contributed by atoms with Crippen LogP contribution in [0.1, 0.15) is 27.6 Å². The number of carbonyl (C=O) groups is 2. The van der Waals surface area contributed by atoms with Gasteiger partial charge in [0.05, 0.1) is 12.2 Å². The van der Waals surface area contributed by atoms with Crippen molar-refractivity contribution in [3.63, 3.8) is 0 Å². The summed E-state index contributed by atoms with van der Waals surface area (Å²) in [7, 11) is 0. The first kappa shape index (κ1) is 19.3. The number of ether oxygens (including phenoxy) is 1. The molecule has 28 heavy (non-hydrogen) atoms.